The van der Waals surface area contributed by atoms with Crippen molar-refractivity contribution in [3.8, 4) is 0 Å². The Labute approximate surface area is 301 Å². The summed E-state index contributed by atoms with van der Waals surface area (Å²) in [6.07, 6.45) is -27.2. The Bertz CT molecular complexity index is 2260. The van der Waals surface area contributed by atoms with E-state index in [1.54, 1.807) is 0 Å². The topological polar surface area (TPSA) is 536 Å². The van der Waals surface area contributed by atoms with Crippen molar-refractivity contribution in [2.75, 3.05) is 13.2 Å². The standard InChI is InChI=1S/C11H20O35S8/c12-47(13,14)36-1-3-4(41-49(18,19)20)5(42-50(21,22)23)6(43-51(24,25)26)9(38-3)39-11(2-37-48(15,16)17)8(45-53(30,31)32)7(44-52(27,28)29)10(40-11)46-54(33,34)35/h3-10H,1-2H2,(H,12,13,14)(H,15,16,17)(H,18,19,20)(H,21,22,23)(H,24,25,26)(H,27,28,29)(H,30,31,32)(H,33,34,35)/t3-,4-,5+,6-,7+,8+,9-,10-,11-/m1/s1. The second-order valence-electron chi connectivity index (χ2n) is 9.28. The molecule has 2 aliphatic rings. The Morgan fingerprint density at radius 1 is 0.426 bits per heavy atom. The zero-order chi connectivity index (χ0) is 42.3. The van der Waals surface area contributed by atoms with Crippen molar-refractivity contribution in [2.24, 2.45) is 0 Å². The van der Waals surface area contributed by atoms with Crippen LogP contribution >= 0.6 is 0 Å². The molecule has 2 aliphatic heterocycles. The maximum Gasteiger partial charge on any atom is 0.399 e. The number of rotatable bonds is 20. The predicted molar refractivity (Wildman–Crippen MR) is 147 cm³/mol. The first-order chi connectivity index (χ1) is 23.7. The van der Waals surface area contributed by atoms with E-state index in [0.717, 1.165) is 0 Å². The highest BCUT2D eigenvalue weighted by molar-refractivity contribution is 7.82. The third-order valence-electron chi connectivity index (χ3n) is 5.39. The maximum absolute atomic E-state index is 11.8. The smallest absolute Gasteiger partial charge is 0.341 e. The van der Waals surface area contributed by atoms with Crippen LogP contribution in [0.1, 0.15) is 0 Å². The Morgan fingerprint density at radius 2 is 0.815 bits per heavy atom. The molecule has 0 amide bonds. The van der Waals surface area contributed by atoms with Crippen molar-refractivity contribution >= 4 is 83.2 Å². The molecule has 0 aliphatic carbocycles. The van der Waals surface area contributed by atoms with Crippen molar-refractivity contribution in [1.29, 1.82) is 0 Å². The van der Waals surface area contributed by atoms with Gasteiger partial charge in [0.2, 0.25) is 12.1 Å². The van der Waals surface area contributed by atoms with E-state index < -0.39 is 151 Å². The molecule has 54 heavy (non-hydrogen) atoms. The Kier molecular flexibility index (Phi) is 15.1. The highest BCUT2D eigenvalue weighted by Crippen LogP contribution is 2.43. The van der Waals surface area contributed by atoms with Gasteiger partial charge < -0.3 is 14.2 Å². The van der Waals surface area contributed by atoms with Gasteiger partial charge in [-0.2, -0.15) is 67.3 Å². The van der Waals surface area contributed by atoms with Gasteiger partial charge in [0.25, 0.3) is 0 Å². The minimum absolute atomic E-state index is 1.99. The molecule has 43 heteroatoms. The summed E-state index contributed by atoms with van der Waals surface area (Å²) in [5.41, 5.74) is 0. The quantitative estimate of drug-likeness (QED) is 0.0526. The predicted octanol–water partition coefficient (Wildman–Crippen LogP) is -6.82. The van der Waals surface area contributed by atoms with E-state index in [0.29, 0.717) is 0 Å². The molecule has 0 aromatic rings. The average molecular weight is 969 g/mol. The van der Waals surface area contributed by atoms with Crippen LogP contribution in [0.5, 0.6) is 0 Å². The molecular weight excluding hydrogens is 949 g/mol. The zero-order valence-electron chi connectivity index (χ0n) is 24.4. The van der Waals surface area contributed by atoms with Crippen LogP contribution in [0.3, 0.4) is 0 Å². The van der Waals surface area contributed by atoms with Crippen LogP contribution in [0, 0.1) is 0 Å². The average Bonchev–Trinajstić information content (AvgIpc) is 3.10. The highest BCUT2D eigenvalue weighted by atomic mass is 32.3. The lowest BCUT2D eigenvalue weighted by Gasteiger charge is -2.45. The summed E-state index contributed by atoms with van der Waals surface area (Å²) in [7, 11) is -48.9. The summed E-state index contributed by atoms with van der Waals surface area (Å²) in [5.74, 6) is -4.27. The summed E-state index contributed by atoms with van der Waals surface area (Å²) in [6.45, 7) is -4.45. The van der Waals surface area contributed by atoms with Crippen molar-refractivity contribution in [3.63, 3.8) is 0 Å². The fourth-order valence-electron chi connectivity index (χ4n) is 4.02. The number of hydrogen-bond donors (Lipinski definition) is 8. The largest absolute Gasteiger partial charge is 0.399 e. The number of ether oxygens (including phenoxy) is 3. The van der Waals surface area contributed by atoms with Gasteiger partial charge in [-0.1, -0.05) is 0 Å². The molecule has 0 radical (unpaired) electrons. The van der Waals surface area contributed by atoms with Gasteiger partial charge in [-0.15, -0.1) is 0 Å². The molecule has 9 atom stereocenters. The minimum Gasteiger partial charge on any atom is -0.341 e. The van der Waals surface area contributed by atoms with E-state index >= 15 is 0 Å². The van der Waals surface area contributed by atoms with E-state index in [2.05, 4.69) is 33.5 Å². The van der Waals surface area contributed by atoms with Crippen LogP contribution in [0.4, 0.5) is 0 Å². The fraction of sp³-hybridized carbons (Fsp3) is 1.00. The van der Waals surface area contributed by atoms with Gasteiger partial charge in [0.05, 0.1) is 6.61 Å². The summed E-state index contributed by atoms with van der Waals surface area (Å²) in [4.78, 5) is 0. The molecule has 0 unspecified atom stereocenters. The Balaban J connectivity index is 3.09. The summed E-state index contributed by atoms with van der Waals surface area (Å²) in [5, 5.41) is 0. The first-order valence-electron chi connectivity index (χ1n) is 11.9. The molecule has 2 fully saturated rings. The Hall–Kier alpha value is -1.16. The van der Waals surface area contributed by atoms with Crippen LogP contribution in [-0.2, 0) is 131 Å². The van der Waals surface area contributed by atoms with Gasteiger partial charge in [-0.05, 0) is 0 Å². The molecule has 2 heterocycles. The molecule has 2 saturated heterocycles. The first-order valence-corrected chi connectivity index (χ1v) is 22.8. The van der Waals surface area contributed by atoms with E-state index in [-0.39, 0.29) is 0 Å². The molecule has 322 valence electrons. The van der Waals surface area contributed by atoms with Crippen molar-refractivity contribution in [1.82, 2.24) is 0 Å². The maximum atomic E-state index is 11.8. The van der Waals surface area contributed by atoms with Gasteiger partial charge in [0.15, 0.2) is 24.6 Å². The van der Waals surface area contributed by atoms with E-state index in [1.165, 1.54) is 0 Å². The summed E-state index contributed by atoms with van der Waals surface area (Å²) >= 11 is 0. The van der Waals surface area contributed by atoms with Crippen LogP contribution in [0.15, 0.2) is 0 Å². The van der Waals surface area contributed by atoms with Crippen molar-refractivity contribution < 1.29 is 151 Å². The molecule has 0 aromatic heterocycles. The molecular formula is C11H20O35S8. The fourth-order valence-corrected chi connectivity index (χ4v) is 7.52. The molecule has 35 nitrogen and oxygen atoms in total. The molecule has 0 bridgehead atoms. The van der Waals surface area contributed by atoms with E-state index in [1.807, 2.05) is 0 Å². The summed E-state index contributed by atoms with van der Waals surface area (Å²) in [6, 6.07) is 0. The van der Waals surface area contributed by atoms with Crippen molar-refractivity contribution in [3.05, 3.63) is 0 Å². The van der Waals surface area contributed by atoms with Gasteiger partial charge in [-0.25, -0.2) is 33.5 Å². The van der Waals surface area contributed by atoms with E-state index in [4.69, 9.17) is 27.9 Å². The van der Waals surface area contributed by atoms with Gasteiger partial charge >= 0.3 is 83.2 Å². The van der Waals surface area contributed by atoms with E-state index in [9.17, 15) is 90.1 Å². The zero-order valence-corrected chi connectivity index (χ0v) is 30.9. The lowest BCUT2D eigenvalue weighted by molar-refractivity contribution is -0.379. The van der Waals surface area contributed by atoms with Crippen LogP contribution < -0.4 is 0 Å². The molecule has 0 aromatic carbocycles. The normalized spacial score (nSPS) is 31.0. The second-order valence-corrected chi connectivity index (χ2v) is 17.8. The lowest BCUT2D eigenvalue weighted by Crippen LogP contribution is -2.65. The third-order valence-corrected chi connectivity index (χ3v) is 8.98. The summed E-state index contributed by atoms with van der Waals surface area (Å²) < 4.78 is 306. The monoisotopic (exact) mass is 968 g/mol. The SMILES string of the molecule is O=S(=O)(O)OC[C@H]1O[C@H](O[C@]2(COS(=O)(=O)O)O[C@H](OS(=O)(=O)O)[C@@H](OS(=O)(=O)O)[C@@H]2OS(=O)(=O)O)[C@H](OS(=O)(=O)O)[C@@H](OS(=O)(=O)O)[C@@H]1OS(=O)(=O)O. The third kappa shape index (κ3) is 17.1. The molecule has 0 saturated carbocycles. The van der Waals surface area contributed by atoms with Crippen LogP contribution in [0.25, 0.3) is 0 Å². The first kappa shape index (κ1) is 49.0. The molecule has 8 N–H and O–H groups in total. The van der Waals surface area contributed by atoms with Crippen LogP contribution in [-0.4, -0.2) is 172 Å². The van der Waals surface area contributed by atoms with Crippen molar-refractivity contribution in [2.45, 2.75) is 55.0 Å². The minimum atomic E-state index is -6.30. The van der Waals surface area contributed by atoms with Crippen LogP contribution in [0.2, 0.25) is 0 Å². The molecule has 0 spiro atoms. The lowest BCUT2D eigenvalue weighted by atomic mass is 9.99. The van der Waals surface area contributed by atoms with Gasteiger partial charge in [-0.3, -0.25) is 36.4 Å². The highest BCUT2D eigenvalue weighted by Gasteiger charge is 2.66. The second kappa shape index (κ2) is 16.6. The van der Waals surface area contributed by atoms with Gasteiger partial charge in [0.1, 0.15) is 24.9 Å². The Morgan fingerprint density at radius 3 is 1.22 bits per heavy atom. The molecule has 2 rings (SSSR count). The van der Waals surface area contributed by atoms with Gasteiger partial charge in [0, 0.05) is 0 Å². The number of hydrogen-bond acceptors (Lipinski definition) is 27.